The Morgan fingerprint density at radius 1 is 0.344 bits per heavy atom. The maximum atomic E-state index is 13.0. The largest absolute Gasteiger partial charge is 0.472 e. The highest BCUT2D eigenvalue weighted by Crippen LogP contribution is 2.45. The van der Waals surface area contributed by atoms with Gasteiger partial charge in [0.1, 0.15) is 19.3 Å². The summed E-state index contributed by atoms with van der Waals surface area (Å²) in [7, 11) is -9.92. The van der Waals surface area contributed by atoms with E-state index in [1.807, 2.05) is 0 Å². The fraction of sp³-hybridized carbons (Fsp3) is 0.838. The third kappa shape index (κ3) is 66.1. The number of ether oxygens (including phenoxy) is 4. The van der Waals surface area contributed by atoms with Gasteiger partial charge in [-0.1, -0.05) is 282 Å². The van der Waals surface area contributed by atoms with Crippen LogP contribution >= 0.6 is 15.6 Å². The van der Waals surface area contributed by atoms with Crippen LogP contribution in [0.3, 0.4) is 0 Å². The van der Waals surface area contributed by atoms with Gasteiger partial charge in [-0.25, -0.2) is 9.13 Å². The molecule has 3 unspecified atom stereocenters. The molecule has 0 aliphatic heterocycles. The molecule has 0 spiro atoms. The molecular formula is C74H136O17P2. The highest BCUT2D eigenvalue weighted by molar-refractivity contribution is 7.47. The van der Waals surface area contributed by atoms with Crippen LogP contribution in [-0.4, -0.2) is 96.7 Å². The number of aliphatic hydroxyl groups is 1. The van der Waals surface area contributed by atoms with Crippen molar-refractivity contribution in [1.82, 2.24) is 0 Å². The van der Waals surface area contributed by atoms with E-state index in [-0.39, 0.29) is 25.7 Å². The Hall–Kier alpha value is -2.98. The van der Waals surface area contributed by atoms with E-state index in [4.69, 9.17) is 37.0 Å². The molecule has 0 saturated heterocycles. The highest BCUT2D eigenvalue weighted by atomic mass is 31.2. The summed E-state index contributed by atoms with van der Waals surface area (Å²) in [5, 5.41) is 10.6. The first-order chi connectivity index (χ1) is 45.1. The minimum Gasteiger partial charge on any atom is -0.462 e. The van der Waals surface area contributed by atoms with Gasteiger partial charge in [-0.15, -0.1) is 0 Å². The molecule has 0 rings (SSSR count). The van der Waals surface area contributed by atoms with E-state index in [1.165, 1.54) is 122 Å². The Labute approximate surface area is 566 Å². The zero-order valence-corrected chi connectivity index (χ0v) is 61.1. The number of hydrogen-bond donors (Lipinski definition) is 3. The number of phosphoric ester groups is 2. The average molecular weight is 1360 g/mol. The lowest BCUT2D eigenvalue weighted by atomic mass is 9.99. The van der Waals surface area contributed by atoms with Crippen LogP contribution in [0.2, 0.25) is 0 Å². The average Bonchev–Trinajstić information content (AvgIpc) is 3.31. The lowest BCUT2D eigenvalue weighted by Gasteiger charge is -2.21. The predicted molar refractivity (Wildman–Crippen MR) is 377 cm³/mol. The van der Waals surface area contributed by atoms with Gasteiger partial charge in [-0.2, -0.15) is 0 Å². The van der Waals surface area contributed by atoms with E-state index in [9.17, 15) is 43.2 Å². The number of allylic oxidation sites excluding steroid dienone is 8. The fourth-order valence-corrected chi connectivity index (χ4v) is 11.8. The number of hydrogen-bond acceptors (Lipinski definition) is 15. The van der Waals surface area contributed by atoms with Crippen molar-refractivity contribution in [3.05, 3.63) is 48.6 Å². The number of unbranched alkanes of at least 4 members (excludes halogenated alkanes) is 35. The number of carbonyl (C=O) groups excluding carboxylic acids is 4. The van der Waals surface area contributed by atoms with E-state index in [0.717, 1.165) is 134 Å². The number of esters is 4. The highest BCUT2D eigenvalue weighted by Gasteiger charge is 2.30. The molecule has 93 heavy (non-hydrogen) atoms. The van der Waals surface area contributed by atoms with Crippen LogP contribution in [-0.2, 0) is 65.4 Å². The molecule has 0 aromatic rings. The van der Waals surface area contributed by atoms with Crippen molar-refractivity contribution >= 4 is 39.5 Å². The maximum absolute atomic E-state index is 13.0. The van der Waals surface area contributed by atoms with Crippen LogP contribution in [0.25, 0.3) is 0 Å². The summed E-state index contributed by atoms with van der Waals surface area (Å²) in [6.45, 7) is 7.10. The summed E-state index contributed by atoms with van der Waals surface area (Å²) in [5.41, 5.74) is 0. The molecule has 0 saturated carbocycles. The molecule has 544 valence electrons. The van der Waals surface area contributed by atoms with Gasteiger partial charge >= 0.3 is 39.5 Å². The molecule has 0 aliphatic carbocycles. The topological polar surface area (TPSA) is 237 Å². The molecule has 0 heterocycles. The van der Waals surface area contributed by atoms with Crippen LogP contribution in [0.1, 0.15) is 336 Å². The second kappa shape index (κ2) is 66.3. The van der Waals surface area contributed by atoms with Gasteiger partial charge in [-0.3, -0.25) is 37.3 Å². The Morgan fingerprint density at radius 3 is 0.914 bits per heavy atom. The van der Waals surface area contributed by atoms with Gasteiger partial charge in [0.05, 0.1) is 26.4 Å². The number of aliphatic hydroxyl groups excluding tert-OH is 1. The van der Waals surface area contributed by atoms with Crippen molar-refractivity contribution < 1.29 is 80.2 Å². The monoisotopic (exact) mass is 1360 g/mol. The standard InChI is InChI=1S/C74H136O17P2/c1-6-10-13-16-18-20-22-24-26-31-35-39-43-48-53-58-72(77)85-64-70(91-74(79)60-55-50-45-41-37-33-29-28-30-34-38-42-47-51-56-67(5)9-4)66-89-93(82,83)87-62-68(75)61-86-92(80,81)88-65-69(63-84-71(76)57-52-46-15-12-8-3)90-73(78)59-54-49-44-40-36-32-27-25-23-21-19-17-14-11-7-2/h20-27,67-70,75H,6-19,28-66H2,1-5H3,(H,80,81)(H,82,83)/b22-20-,23-21-,26-24-,27-25-/t67?,68-,69+,70+/m0/s1. The first-order valence-electron chi connectivity index (χ1n) is 37.3. The summed E-state index contributed by atoms with van der Waals surface area (Å²) < 4.78 is 68.1. The van der Waals surface area contributed by atoms with Crippen molar-refractivity contribution in [2.75, 3.05) is 39.6 Å². The van der Waals surface area contributed by atoms with Crippen LogP contribution in [0.15, 0.2) is 48.6 Å². The second-order valence-electron chi connectivity index (χ2n) is 25.6. The molecular weight excluding hydrogens is 1220 g/mol. The second-order valence-corrected chi connectivity index (χ2v) is 28.5. The molecule has 0 aliphatic rings. The summed E-state index contributed by atoms with van der Waals surface area (Å²) in [4.78, 5) is 72.4. The van der Waals surface area contributed by atoms with Crippen LogP contribution < -0.4 is 0 Å². The Kier molecular flexibility index (Phi) is 64.1. The molecule has 0 bridgehead atoms. The molecule has 0 amide bonds. The molecule has 19 heteroatoms. The van der Waals surface area contributed by atoms with Crippen molar-refractivity contribution in [3.8, 4) is 0 Å². The van der Waals surface area contributed by atoms with Gasteiger partial charge in [0.15, 0.2) is 12.2 Å². The van der Waals surface area contributed by atoms with E-state index >= 15 is 0 Å². The fourth-order valence-electron chi connectivity index (χ4n) is 10.2. The van der Waals surface area contributed by atoms with E-state index < -0.39 is 97.5 Å². The molecule has 6 atom stereocenters. The number of phosphoric acid groups is 2. The minimum absolute atomic E-state index is 0.0818. The van der Waals surface area contributed by atoms with Crippen LogP contribution in [0, 0.1) is 5.92 Å². The van der Waals surface area contributed by atoms with Gasteiger partial charge in [-0.05, 0) is 83.0 Å². The van der Waals surface area contributed by atoms with E-state index in [0.29, 0.717) is 25.7 Å². The first kappa shape index (κ1) is 90.0. The Balaban J connectivity index is 5.22. The van der Waals surface area contributed by atoms with Gasteiger partial charge in [0.2, 0.25) is 0 Å². The maximum Gasteiger partial charge on any atom is 0.472 e. The SMILES string of the molecule is CCCCCC/C=C\C=C/CCCCCCCC(=O)OC[C@H](COP(=O)(O)OC[C@@H](O)COP(=O)(O)OC[C@@H](COC(=O)CCCCCCC)OC(=O)CCCCCCC/C=C\C=C/CCCCCC)OC(=O)CCCCCCCCCCCCCCCCC(C)CC. The van der Waals surface area contributed by atoms with Crippen molar-refractivity contribution in [2.45, 2.75) is 355 Å². The molecule has 0 fully saturated rings. The molecule has 0 aromatic heterocycles. The van der Waals surface area contributed by atoms with Crippen molar-refractivity contribution in [3.63, 3.8) is 0 Å². The number of rotatable bonds is 70. The van der Waals surface area contributed by atoms with Crippen LogP contribution in [0.4, 0.5) is 0 Å². The summed E-state index contributed by atoms with van der Waals surface area (Å²) in [5.74, 6) is -1.35. The zero-order valence-electron chi connectivity index (χ0n) is 59.4. The minimum atomic E-state index is -4.96. The third-order valence-corrected chi connectivity index (χ3v) is 18.3. The summed E-state index contributed by atoms with van der Waals surface area (Å²) >= 11 is 0. The van der Waals surface area contributed by atoms with Crippen LogP contribution in [0.5, 0.6) is 0 Å². The lowest BCUT2D eigenvalue weighted by molar-refractivity contribution is -0.161. The zero-order chi connectivity index (χ0) is 68.4. The molecule has 17 nitrogen and oxygen atoms in total. The van der Waals surface area contributed by atoms with E-state index in [1.54, 1.807) is 0 Å². The first-order valence-corrected chi connectivity index (χ1v) is 40.3. The number of carbonyl (C=O) groups is 4. The molecule has 3 N–H and O–H groups in total. The normalized spacial score (nSPS) is 14.6. The Bertz CT molecular complexity index is 1980. The van der Waals surface area contributed by atoms with Crippen molar-refractivity contribution in [2.24, 2.45) is 5.92 Å². The quantitative estimate of drug-likeness (QED) is 0.0169. The third-order valence-electron chi connectivity index (χ3n) is 16.4. The molecule has 0 aromatic carbocycles. The summed E-state index contributed by atoms with van der Waals surface area (Å²) in [6.07, 6.45) is 60.2. The smallest absolute Gasteiger partial charge is 0.462 e. The van der Waals surface area contributed by atoms with Gasteiger partial charge in [0.25, 0.3) is 0 Å². The lowest BCUT2D eigenvalue weighted by Crippen LogP contribution is -2.30. The Morgan fingerprint density at radius 2 is 0.602 bits per heavy atom. The molecule has 0 radical (unpaired) electrons. The van der Waals surface area contributed by atoms with Gasteiger partial charge < -0.3 is 33.8 Å². The van der Waals surface area contributed by atoms with E-state index in [2.05, 4.69) is 83.2 Å². The van der Waals surface area contributed by atoms with Gasteiger partial charge in [0, 0.05) is 25.7 Å². The van der Waals surface area contributed by atoms with Crippen molar-refractivity contribution in [1.29, 1.82) is 0 Å². The summed E-state index contributed by atoms with van der Waals surface area (Å²) in [6, 6.07) is 0. The predicted octanol–water partition coefficient (Wildman–Crippen LogP) is 20.8.